The second kappa shape index (κ2) is 7.84. The summed E-state index contributed by atoms with van der Waals surface area (Å²) in [6, 6.07) is 12.3. The number of carbonyl (C=O) groups excluding carboxylic acids is 1. The van der Waals surface area contributed by atoms with Crippen molar-refractivity contribution >= 4 is 28.4 Å². The maximum Gasteiger partial charge on any atom is 0.257 e. The second-order valence-corrected chi connectivity index (χ2v) is 6.69. The zero-order valence-corrected chi connectivity index (χ0v) is 16.2. The number of pyridine rings is 1. The van der Waals surface area contributed by atoms with Gasteiger partial charge < -0.3 is 14.6 Å². The summed E-state index contributed by atoms with van der Waals surface area (Å²) in [5.41, 5.74) is 1.35. The van der Waals surface area contributed by atoms with E-state index in [-0.39, 0.29) is 17.0 Å². The van der Waals surface area contributed by atoms with Crippen molar-refractivity contribution in [3.05, 3.63) is 75.0 Å². The largest absolute Gasteiger partial charge is 0.496 e. The van der Waals surface area contributed by atoms with Crippen LogP contribution in [-0.4, -0.2) is 17.6 Å². The van der Waals surface area contributed by atoms with Crippen molar-refractivity contribution in [2.75, 3.05) is 7.11 Å². The predicted molar refractivity (Wildman–Crippen MR) is 108 cm³/mol. The van der Waals surface area contributed by atoms with Crippen LogP contribution < -0.4 is 15.5 Å². The van der Waals surface area contributed by atoms with E-state index < -0.39 is 5.91 Å². The maximum atomic E-state index is 12.9. The Morgan fingerprint density at radius 2 is 2.00 bits per heavy atom. The number of para-hydroxylation sites is 1. The predicted octanol–water partition coefficient (Wildman–Crippen LogP) is 4.17. The van der Waals surface area contributed by atoms with Gasteiger partial charge in [0.1, 0.15) is 11.3 Å². The Hall–Kier alpha value is -2.79. The Morgan fingerprint density at radius 3 is 2.70 bits per heavy atom. The maximum absolute atomic E-state index is 12.9. The summed E-state index contributed by atoms with van der Waals surface area (Å²) in [7, 11) is 1.58. The van der Waals surface area contributed by atoms with Gasteiger partial charge >= 0.3 is 0 Å². The summed E-state index contributed by atoms with van der Waals surface area (Å²) in [6.07, 6.45) is 1.60. The van der Waals surface area contributed by atoms with Crippen molar-refractivity contribution in [2.24, 2.45) is 0 Å². The highest BCUT2D eigenvalue weighted by molar-refractivity contribution is 6.31. The van der Waals surface area contributed by atoms with Gasteiger partial charge in [0.25, 0.3) is 5.91 Å². The molecule has 0 radical (unpaired) electrons. The molecule has 6 heteroatoms. The van der Waals surface area contributed by atoms with E-state index in [0.717, 1.165) is 11.1 Å². The first-order chi connectivity index (χ1) is 13.0. The fourth-order valence-corrected chi connectivity index (χ4v) is 3.34. The molecule has 0 aliphatic heterocycles. The number of aryl methyl sites for hydroxylation is 1. The molecule has 0 spiro atoms. The molecule has 1 amide bonds. The molecule has 3 aromatic rings. The molecule has 1 atom stereocenters. The van der Waals surface area contributed by atoms with Gasteiger partial charge in [0.2, 0.25) is 5.43 Å². The Morgan fingerprint density at radius 1 is 1.26 bits per heavy atom. The quantitative estimate of drug-likeness (QED) is 0.718. The van der Waals surface area contributed by atoms with E-state index in [9.17, 15) is 9.59 Å². The third-order valence-corrected chi connectivity index (χ3v) is 4.82. The van der Waals surface area contributed by atoms with Crippen LogP contribution in [0.2, 0.25) is 5.02 Å². The molecule has 0 saturated heterocycles. The van der Waals surface area contributed by atoms with E-state index in [2.05, 4.69) is 5.32 Å². The number of amides is 1. The number of ether oxygens (including phenoxy) is 1. The Labute approximate surface area is 162 Å². The monoisotopic (exact) mass is 384 g/mol. The van der Waals surface area contributed by atoms with Crippen molar-refractivity contribution < 1.29 is 9.53 Å². The van der Waals surface area contributed by atoms with Crippen LogP contribution in [0.1, 0.15) is 35.8 Å². The highest BCUT2D eigenvalue weighted by Crippen LogP contribution is 2.24. The molecule has 1 unspecified atom stereocenters. The number of benzene rings is 2. The lowest BCUT2D eigenvalue weighted by molar-refractivity contribution is 0.0938. The van der Waals surface area contributed by atoms with Gasteiger partial charge in [-0.2, -0.15) is 0 Å². The van der Waals surface area contributed by atoms with Gasteiger partial charge in [-0.1, -0.05) is 29.8 Å². The molecule has 2 aromatic carbocycles. The minimum absolute atomic E-state index is 0.0911. The standard InChI is InChI=1S/C21H21ClN2O3/c1-4-24-12-17(20(25)16-11-14(22)9-10-18(16)24)21(26)23-13(2)15-7-5-6-8-19(15)27-3/h5-13H,4H2,1-3H3,(H,23,26). The normalized spacial score (nSPS) is 12.0. The molecule has 0 bridgehead atoms. The molecule has 5 nitrogen and oxygen atoms in total. The number of methoxy groups -OCH3 is 1. The van der Waals surface area contributed by atoms with Gasteiger partial charge in [-0.3, -0.25) is 9.59 Å². The third-order valence-electron chi connectivity index (χ3n) is 4.58. The number of carbonyl (C=O) groups is 1. The molecule has 3 rings (SSSR count). The number of nitrogens with one attached hydrogen (secondary N) is 1. The lowest BCUT2D eigenvalue weighted by atomic mass is 10.1. The average Bonchev–Trinajstić information content (AvgIpc) is 2.68. The lowest BCUT2D eigenvalue weighted by Crippen LogP contribution is -2.32. The van der Waals surface area contributed by atoms with Crippen LogP contribution in [-0.2, 0) is 6.54 Å². The molecule has 0 aliphatic rings. The number of hydrogen-bond acceptors (Lipinski definition) is 3. The first-order valence-corrected chi connectivity index (χ1v) is 9.10. The van der Waals surface area contributed by atoms with Gasteiger partial charge in [-0.25, -0.2) is 0 Å². The summed E-state index contributed by atoms with van der Waals surface area (Å²) < 4.78 is 7.22. The number of nitrogens with zero attached hydrogens (tertiary/aromatic N) is 1. The molecule has 0 aliphatic carbocycles. The van der Waals surface area contributed by atoms with Crippen LogP contribution >= 0.6 is 11.6 Å². The number of hydrogen-bond donors (Lipinski definition) is 1. The Bertz CT molecular complexity index is 1060. The SMILES string of the molecule is CCn1cc(C(=O)NC(C)c2ccccc2OC)c(=O)c2cc(Cl)ccc21. The number of rotatable bonds is 5. The van der Waals surface area contributed by atoms with Gasteiger partial charge in [0, 0.05) is 28.7 Å². The molecule has 140 valence electrons. The molecule has 1 heterocycles. The first kappa shape index (κ1) is 19.0. The van der Waals surface area contributed by atoms with Gasteiger partial charge in [0.05, 0.1) is 18.7 Å². The van der Waals surface area contributed by atoms with Crippen LogP contribution in [0.25, 0.3) is 10.9 Å². The van der Waals surface area contributed by atoms with Crippen molar-refractivity contribution in [1.29, 1.82) is 0 Å². The van der Waals surface area contributed by atoms with Gasteiger partial charge in [0.15, 0.2) is 0 Å². The minimum atomic E-state index is -0.428. The van der Waals surface area contributed by atoms with Crippen molar-refractivity contribution in [3.63, 3.8) is 0 Å². The highest BCUT2D eigenvalue weighted by Gasteiger charge is 2.19. The average molecular weight is 385 g/mol. The van der Waals surface area contributed by atoms with Crippen LogP contribution in [0, 0.1) is 0 Å². The summed E-state index contributed by atoms with van der Waals surface area (Å²) in [4.78, 5) is 25.7. The van der Waals surface area contributed by atoms with Gasteiger partial charge in [-0.15, -0.1) is 0 Å². The minimum Gasteiger partial charge on any atom is -0.496 e. The zero-order chi connectivity index (χ0) is 19.6. The fraction of sp³-hybridized carbons (Fsp3) is 0.238. The molecule has 1 aromatic heterocycles. The van der Waals surface area contributed by atoms with Crippen LogP contribution in [0.4, 0.5) is 0 Å². The Kier molecular flexibility index (Phi) is 5.51. The van der Waals surface area contributed by atoms with Crippen molar-refractivity contribution in [2.45, 2.75) is 26.4 Å². The van der Waals surface area contributed by atoms with Crippen LogP contribution in [0.15, 0.2) is 53.5 Å². The smallest absolute Gasteiger partial charge is 0.257 e. The lowest BCUT2D eigenvalue weighted by Gasteiger charge is -2.18. The fourth-order valence-electron chi connectivity index (χ4n) is 3.17. The van der Waals surface area contributed by atoms with Crippen molar-refractivity contribution in [3.8, 4) is 5.75 Å². The third kappa shape index (κ3) is 3.69. The number of aromatic nitrogens is 1. The van der Waals surface area contributed by atoms with E-state index >= 15 is 0 Å². The highest BCUT2D eigenvalue weighted by atomic mass is 35.5. The molecule has 27 heavy (non-hydrogen) atoms. The zero-order valence-electron chi connectivity index (χ0n) is 15.5. The first-order valence-electron chi connectivity index (χ1n) is 8.72. The molecule has 1 N–H and O–H groups in total. The van der Waals surface area contributed by atoms with Crippen LogP contribution in [0.5, 0.6) is 5.75 Å². The van der Waals surface area contributed by atoms with E-state index in [0.29, 0.717) is 22.7 Å². The van der Waals surface area contributed by atoms with Crippen molar-refractivity contribution in [1.82, 2.24) is 9.88 Å². The number of fused-ring (bicyclic) bond motifs is 1. The molecular formula is C21H21ClN2O3. The van der Waals surface area contributed by atoms with Crippen LogP contribution in [0.3, 0.4) is 0 Å². The number of halogens is 1. The van der Waals surface area contributed by atoms with E-state index in [4.69, 9.17) is 16.3 Å². The summed E-state index contributed by atoms with van der Waals surface area (Å²) in [5.74, 6) is 0.254. The summed E-state index contributed by atoms with van der Waals surface area (Å²) >= 11 is 6.05. The topological polar surface area (TPSA) is 60.3 Å². The van der Waals surface area contributed by atoms with E-state index in [1.807, 2.05) is 42.7 Å². The van der Waals surface area contributed by atoms with E-state index in [1.54, 1.807) is 31.5 Å². The molecule has 0 fully saturated rings. The molecular weight excluding hydrogens is 364 g/mol. The van der Waals surface area contributed by atoms with E-state index in [1.165, 1.54) is 0 Å². The molecule has 0 saturated carbocycles. The summed E-state index contributed by atoms with van der Waals surface area (Å²) in [6.45, 7) is 4.43. The Balaban J connectivity index is 2.01. The second-order valence-electron chi connectivity index (χ2n) is 6.26. The van der Waals surface area contributed by atoms with Gasteiger partial charge in [-0.05, 0) is 38.1 Å². The summed E-state index contributed by atoms with van der Waals surface area (Å²) in [5, 5.41) is 3.79.